The average Bonchev–Trinajstić information content (AvgIpc) is 3.39. The third-order valence-corrected chi connectivity index (χ3v) is 4.52. The van der Waals surface area contributed by atoms with E-state index in [4.69, 9.17) is 0 Å². The highest BCUT2D eigenvalue weighted by molar-refractivity contribution is 5.80. The smallest absolute Gasteiger partial charge is 0.225 e. The van der Waals surface area contributed by atoms with Gasteiger partial charge in [0.05, 0.1) is 5.69 Å². The minimum atomic E-state index is 0.431. The van der Waals surface area contributed by atoms with Crippen molar-refractivity contribution < 1.29 is 0 Å². The van der Waals surface area contributed by atoms with Crippen molar-refractivity contribution >= 4 is 10.9 Å². The van der Waals surface area contributed by atoms with Crippen LogP contribution in [0.3, 0.4) is 0 Å². The standard InChI is InChI=1S/C20H15N7/c1-2-4-17-15(3-1)9-12-27(17)13-14-5-7-16(8-6-14)18-19(22-11-10-21-18)20-23-25-26-24-20/h1-12H,13H2,(H,23,24,25,26). The number of rotatable bonds is 4. The molecule has 27 heavy (non-hydrogen) atoms. The van der Waals surface area contributed by atoms with E-state index in [1.54, 1.807) is 12.4 Å². The molecule has 0 saturated heterocycles. The van der Waals surface area contributed by atoms with Crippen LogP contribution in [0.15, 0.2) is 73.2 Å². The molecule has 2 aromatic carbocycles. The van der Waals surface area contributed by atoms with Gasteiger partial charge < -0.3 is 4.57 Å². The van der Waals surface area contributed by atoms with Crippen LogP contribution in [0.5, 0.6) is 0 Å². The van der Waals surface area contributed by atoms with Crippen molar-refractivity contribution in [2.45, 2.75) is 6.54 Å². The molecule has 3 heterocycles. The lowest BCUT2D eigenvalue weighted by Gasteiger charge is -2.08. The largest absolute Gasteiger partial charge is 0.343 e. The molecule has 0 fully saturated rings. The van der Waals surface area contributed by atoms with Crippen LogP contribution in [-0.2, 0) is 6.54 Å². The molecule has 0 radical (unpaired) electrons. The third kappa shape index (κ3) is 2.85. The van der Waals surface area contributed by atoms with Crippen molar-refractivity contribution in [1.82, 2.24) is 35.2 Å². The van der Waals surface area contributed by atoms with Gasteiger partial charge in [0.15, 0.2) is 0 Å². The molecule has 7 nitrogen and oxygen atoms in total. The SMILES string of the molecule is c1ccc2c(c1)ccn2Cc1ccc(-c2nccnc2-c2nn[nH]n2)cc1. The number of aromatic amines is 1. The van der Waals surface area contributed by atoms with Gasteiger partial charge in [-0.15, -0.1) is 10.2 Å². The first-order valence-electron chi connectivity index (χ1n) is 8.56. The van der Waals surface area contributed by atoms with Crippen LogP contribution in [-0.4, -0.2) is 35.2 Å². The summed E-state index contributed by atoms with van der Waals surface area (Å²) in [6, 6.07) is 18.9. The Balaban J connectivity index is 1.46. The van der Waals surface area contributed by atoms with E-state index in [-0.39, 0.29) is 0 Å². The van der Waals surface area contributed by atoms with Gasteiger partial charge >= 0.3 is 0 Å². The molecule has 130 valence electrons. The Labute approximate surface area is 154 Å². The van der Waals surface area contributed by atoms with Crippen molar-refractivity contribution in [1.29, 1.82) is 0 Å². The maximum absolute atomic E-state index is 4.46. The number of aromatic nitrogens is 7. The molecule has 0 amide bonds. The lowest BCUT2D eigenvalue weighted by molar-refractivity contribution is 0.837. The minimum absolute atomic E-state index is 0.431. The van der Waals surface area contributed by atoms with Crippen molar-refractivity contribution in [2.24, 2.45) is 0 Å². The van der Waals surface area contributed by atoms with Crippen molar-refractivity contribution in [3.05, 3.63) is 78.8 Å². The molecule has 1 N–H and O–H groups in total. The van der Waals surface area contributed by atoms with Gasteiger partial charge in [0, 0.05) is 36.2 Å². The Kier molecular flexibility index (Phi) is 3.68. The van der Waals surface area contributed by atoms with E-state index in [0.29, 0.717) is 11.5 Å². The van der Waals surface area contributed by atoms with Crippen molar-refractivity contribution in [2.75, 3.05) is 0 Å². The number of nitrogens with one attached hydrogen (secondary N) is 1. The molecule has 7 heteroatoms. The molecule has 5 aromatic rings. The second kappa shape index (κ2) is 6.45. The number of nitrogens with zero attached hydrogens (tertiary/aromatic N) is 6. The number of benzene rings is 2. The predicted molar refractivity (Wildman–Crippen MR) is 102 cm³/mol. The zero-order valence-electron chi connectivity index (χ0n) is 14.3. The van der Waals surface area contributed by atoms with Gasteiger partial charge in [-0.1, -0.05) is 42.5 Å². The average molecular weight is 353 g/mol. The van der Waals surface area contributed by atoms with Gasteiger partial charge in [0.1, 0.15) is 5.69 Å². The van der Waals surface area contributed by atoms with E-state index in [1.165, 1.54) is 16.5 Å². The van der Waals surface area contributed by atoms with Gasteiger partial charge in [-0.2, -0.15) is 5.21 Å². The minimum Gasteiger partial charge on any atom is -0.343 e. The molecule has 0 bridgehead atoms. The van der Waals surface area contributed by atoms with Crippen LogP contribution in [0.1, 0.15) is 5.56 Å². The molecule has 0 spiro atoms. The van der Waals surface area contributed by atoms with Crippen LogP contribution < -0.4 is 0 Å². The zero-order chi connectivity index (χ0) is 18.1. The molecule has 5 rings (SSSR count). The summed E-state index contributed by atoms with van der Waals surface area (Å²) in [4.78, 5) is 8.83. The monoisotopic (exact) mass is 353 g/mol. The van der Waals surface area contributed by atoms with Gasteiger partial charge in [0.25, 0.3) is 0 Å². The van der Waals surface area contributed by atoms with E-state index in [9.17, 15) is 0 Å². The fourth-order valence-corrected chi connectivity index (χ4v) is 3.22. The molecule has 0 aliphatic heterocycles. The van der Waals surface area contributed by atoms with Crippen molar-refractivity contribution in [3.8, 4) is 22.8 Å². The number of hydrogen-bond acceptors (Lipinski definition) is 5. The summed E-state index contributed by atoms with van der Waals surface area (Å²) in [6.07, 6.45) is 5.41. The van der Waals surface area contributed by atoms with E-state index >= 15 is 0 Å². The first-order chi connectivity index (χ1) is 13.4. The normalized spacial score (nSPS) is 11.1. The maximum Gasteiger partial charge on any atom is 0.225 e. The number of hydrogen-bond donors (Lipinski definition) is 1. The first-order valence-corrected chi connectivity index (χ1v) is 8.56. The topological polar surface area (TPSA) is 85.2 Å². The van der Waals surface area contributed by atoms with E-state index in [2.05, 4.69) is 96.0 Å². The predicted octanol–water partition coefficient (Wildman–Crippen LogP) is 3.33. The summed E-state index contributed by atoms with van der Waals surface area (Å²) in [5.74, 6) is 0.431. The summed E-state index contributed by atoms with van der Waals surface area (Å²) >= 11 is 0. The molecule has 0 atom stereocenters. The van der Waals surface area contributed by atoms with Gasteiger partial charge in [-0.05, 0) is 28.3 Å². The highest BCUT2D eigenvalue weighted by atomic mass is 15.5. The molecule has 0 unspecified atom stereocenters. The highest BCUT2D eigenvalue weighted by Crippen LogP contribution is 2.26. The first kappa shape index (κ1) is 15.4. The van der Waals surface area contributed by atoms with Crippen molar-refractivity contribution in [3.63, 3.8) is 0 Å². The maximum atomic E-state index is 4.46. The molecular weight excluding hydrogens is 338 g/mol. The quantitative estimate of drug-likeness (QED) is 0.536. The third-order valence-electron chi connectivity index (χ3n) is 4.52. The zero-order valence-corrected chi connectivity index (χ0v) is 14.3. The second-order valence-corrected chi connectivity index (χ2v) is 6.19. The fraction of sp³-hybridized carbons (Fsp3) is 0.0500. The Hall–Kier alpha value is -3.87. The Morgan fingerprint density at radius 1 is 0.852 bits per heavy atom. The Morgan fingerprint density at radius 2 is 1.67 bits per heavy atom. The summed E-state index contributed by atoms with van der Waals surface area (Å²) in [5.41, 5.74) is 4.75. The lowest BCUT2D eigenvalue weighted by Crippen LogP contribution is -1.98. The van der Waals surface area contributed by atoms with E-state index in [0.717, 1.165) is 17.8 Å². The molecule has 3 aromatic heterocycles. The van der Waals surface area contributed by atoms with Crippen LogP contribution in [0.2, 0.25) is 0 Å². The molecule has 0 aliphatic rings. The molecular formula is C20H15N7. The van der Waals surface area contributed by atoms with Crippen LogP contribution in [0.25, 0.3) is 33.7 Å². The van der Waals surface area contributed by atoms with Crippen LogP contribution in [0.4, 0.5) is 0 Å². The number of tetrazole rings is 1. The van der Waals surface area contributed by atoms with Gasteiger partial charge in [0.2, 0.25) is 5.82 Å². The summed E-state index contributed by atoms with van der Waals surface area (Å²) in [5, 5.41) is 15.3. The Bertz CT molecular complexity index is 1190. The van der Waals surface area contributed by atoms with Gasteiger partial charge in [-0.25, -0.2) is 4.98 Å². The summed E-state index contributed by atoms with van der Waals surface area (Å²) in [7, 11) is 0. The molecule has 0 saturated carbocycles. The number of fused-ring (bicyclic) bond motifs is 1. The number of H-pyrrole nitrogens is 1. The van der Waals surface area contributed by atoms with E-state index in [1.807, 2.05) is 0 Å². The summed E-state index contributed by atoms with van der Waals surface area (Å²) in [6.45, 7) is 0.811. The summed E-state index contributed by atoms with van der Waals surface area (Å²) < 4.78 is 2.25. The second-order valence-electron chi connectivity index (χ2n) is 6.19. The van der Waals surface area contributed by atoms with E-state index < -0.39 is 0 Å². The fourth-order valence-electron chi connectivity index (χ4n) is 3.22. The lowest BCUT2D eigenvalue weighted by atomic mass is 10.1. The Morgan fingerprint density at radius 3 is 2.48 bits per heavy atom. The van der Waals surface area contributed by atoms with Gasteiger partial charge in [-0.3, -0.25) is 4.98 Å². The van der Waals surface area contributed by atoms with Crippen LogP contribution >= 0.6 is 0 Å². The number of para-hydroxylation sites is 1. The highest BCUT2D eigenvalue weighted by Gasteiger charge is 2.13. The molecule has 0 aliphatic carbocycles. The van der Waals surface area contributed by atoms with Crippen LogP contribution in [0, 0.1) is 0 Å².